The number of carbonyl (C=O) groups excluding carboxylic acids is 1. The molecule has 0 fully saturated rings. The molecule has 0 aliphatic carbocycles. The first-order chi connectivity index (χ1) is 12.1. The summed E-state index contributed by atoms with van der Waals surface area (Å²) in [6, 6.07) is 9.63. The topological polar surface area (TPSA) is 47.6 Å². The molecule has 2 radical (unpaired) electrons. The molecule has 1 aliphatic heterocycles. The van der Waals surface area contributed by atoms with Gasteiger partial charge in [0.15, 0.2) is 0 Å². The lowest BCUT2D eigenvalue weighted by Crippen LogP contribution is -2.45. The number of nitrogens with one attached hydrogen (secondary N) is 2. The number of likely N-dealkylation sites (N-methyl/N-ethyl adjacent to an activating group) is 1. The molecule has 1 aliphatic rings. The molecule has 1 heterocycles. The van der Waals surface area contributed by atoms with Crippen molar-refractivity contribution < 1.29 is 4.79 Å². The van der Waals surface area contributed by atoms with Crippen LogP contribution in [0.3, 0.4) is 0 Å². The fourth-order valence-electron chi connectivity index (χ4n) is 2.79. The van der Waals surface area contributed by atoms with E-state index in [1.54, 1.807) is 0 Å². The third kappa shape index (κ3) is 4.54. The van der Waals surface area contributed by atoms with Gasteiger partial charge >= 0.3 is 6.03 Å². The summed E-state index contributed by atoms with van der Waals surface area (Å²) < 4.78 is 0. The zero-order valence-electron chi connectivity index (χ0n) is 15.1. The van der Waals surface area contributed by atoms with E-state index >= 15 is 0 Å². The number of amides is 2. The number of allylic oxidation sites excluding steroid dienone is 2. The van der Waals surface area contributed by atoms with Crippen LogP contribution in [-0.4, -0.2) is 38.4 Å². The SMILES string of the molecule is [B]CNC(=O)NC1=CC(C(/C=C\CC)=C/C)N(C)N1c1ccccc1. The number of urea groups is 1. The molecule has 0 bridgehead atoms. The highest BCUT2D eigenvalue weighted by Crippen LogP contribution is 2.30. The standard InChI is InChI=1S/C19H25BN4O/c1-4-6-10-15(5-2)17-13-18(22-19(25)21-14-20)24(23(17)3)16-11-8-7-9-12-16/h5-13,17H,4,14H2,1-3H3,(H2,21,22,25)/b10-6-,15-5+. The third-order valence-electron chi connectivity index (χ3n) is 3.99. The molecule has 130 valence electrons. The summed E-state index contributed by atoms with van der Waals surface area (Å²) in [5.41, 5.74) is 2.14. The number of carbonyl (C=O) groups is 1. The van der Waals surface area contributed by atoms with E-state index in [9.17, 15) is 4.79 Å². The Bertz CT molecular complexity index is 669. The van der Waals surface area contributed by atoms with Gasteiger partial charge in [-0.2, -0.15) is 0 Å². The summed E-state index contributed by atoms with van der Waals surface area (Å²) in [6.45, 7) is 4.13. The van der Waals surface area contributed by atoms with Crippen molar-refractivity contribution in [1.82, 2.24) is 15.6 Å². The monoisotopic (exact) mass is 336 g/mol. The normalized spacial score (nSPS) is 18.5. The quantitative estimate of drug-likeness (QED) is 0.620. The van der Waals surface area contributed by atoms with Crippen molar-refractivity contribution in [3.8, 4) is 0 Å². The van der Waals surface area contributed by atoms with Crippen LogP contribution < -0.4 is 15.6 Å². The molecule has 0 saturated carbocycles. The Labute approximate surface area is 151 Å². The van der Waals surface area contributed by atoms with Crippen molar-refractivity contribution in [1.29, 1.82) is 0 Å². The minimum atomic E-state index is -0.324. The number of hydrazine groups is 1. The first-order valence-corrected chi connectivity index (χ1v) is 8.49. The van der Waals surface area contributed by atoms with Gasteiger partial charge in [-0.1, -0.05) is 43.4 Å². The van der Waals surface area contributed by atoms with Gasteiger partial charge in [-0.15, -0.1) is 0 Å². The lowest BCUT2D eigenvalue weighted by Gasteiger charge is -2.33. The Balaban J connectivity index is 2.35. The summed E-state index contributed by atoms with van der Waals surface area (Å²) in [4.78, 5) is 12.0. The van der Waals surface area contributed by atoms with Crippen LogP contribution in [0, 0.1) is 0 Å². The van der Waals surface area contributed by atoms with Gasteiger partial charge < -0.3 is 5.32 Å². The molecule has 1 atom stereocenters. The second-order valence-corrected chi connectivity index (χ2v) is 5.65. The number of hydrogen-bond donors (Lipinski definition) is 2. The van der Waals surface area contributed by atoms with Gasteiger partial charge in [-0.05, 0) is 43.6 Å². The van der Waals surface area contributed by atoms with Crippen molar-refractivity contribution in [2.75, 3.05) is 18.5 Å². The molecule has 0 spiro atoms. The summed E-state index contributed by atoms with van der Waals surface area (Å²) in [7, 11) is 7.40. The molecule has 2 amide bonds. The van der Waals surface area contributed by atoms with E-state index in [1.807, 2.05) is 55.4 Å². The van der Waals surface area contributed by atoms with Crippen LogP contribution in [0.25, 0.3) is 0 Å². The molecule has 2 N–H and O–H groups in total. The maximum Gasteiger partial charge on any atom is 0.319 e. The maximum absolute atomic E-state index is 12.0. The highest BCUT2D eigenvalue weighted by atomic mass is 16.2. The van der Waals surface area contributed by atoms with E-state index in [0.29, 0.717) is 5.82 Å². The van der Waals surface area contributed by atoms with Crippen LogP contribution in [0.15, 0.2) is 66.0 Å². The average molecular weight is 336 g/mol. The van der Waals surface area contributed by atoms with Crippen LogP contribution >= 0.6 is 0 Å². The van der Waals surface area contributed by atoms with Crippen molar-refractivity contribution >= 4 is 19.6 Å². The van der Waals surface area contributed by atoms with E-state index < -0.39 is 0 Å². The number of benzene rings is 1. The summed E-state index contributed by atoms with van der Waals surface area (Å²) in [5, 5.41) is 9.54. The van der Waals surface area contributed by atoms with Gasteiger partial charge in [-0.3, -0.25) is 10.3 Å². The Kier molecular flexibility index (Phi) is 6.89. The molecule has 1 unspecified atom stereocenters. The first-order valence-electron chi connectivity index (χ1n) is 8.49. The Hall–Kier alpha value is -2.47. The summed E-state index contributed by atoms with van der Waals surface area (Å²) in [6.07, 6.45) is 9.46. The summed E-state index contributed by atoms with van der Waals surface area (Å²) in [5.74, 6) is 0.703. The van der Waals surface area contributed by atoms with Gasteiger partial charge in [-0.25, -0.2) is 9.80 Å². The molecule has 6 heteroatoms. The predicted molar refractivity (Wildman–Crippen MR) is 104 cm³/mol. The number of hydrogen-bond acceptors (Lipinski definition) is 3. The average Bonchev–Trinajstić information content (AvgIpc) is 2.93. The molecule has 25 heavy (non-hydrogen) atoms. The van der Waals surface area contributed by atoms with Crippen LogP contribution in [0.5, 0.6) is 0 Å². The number of anilines is 1. The van der Waals surface area contributed by atoms with Crippen LogP contribution in [0.2, 0.25) is 0 Å². The van der Waals surface area contributed by atoms with E-state index in [4.69, 9.17) is 7.85 Å². The molecule has 1 aromatic carbocycles. The molecule has 0 saturated heterocycles. The van der Waals surface area contributed by atoms with Gasteiger partial charge in [0.2, 0.25) is 0 Å². The minimum Gasteiger partial charge on any atom is -0.347 e. The molecular formula is C19H25BN4O. The van der Waals surface area contributed by atoms with Crippen LogP contribution in [-0.2, 0) is 0 Å². The Morgan fingerprint density at radius 2 is 2.04 bits per heavy atom. The maximum atomic E-state index is 12.0. The molecule has 2 rings (SSSR count). The van der Waals surface area contributed by atoms with Gasteiger partial charge in [0, 0.05) is 7.05 Å². The fraction of sp³-hybridized carbons (Fsp3) is 0.316. The molecular weight excluding hydrogens is 311 g/mol. The molecule has 1 aromatic rings. The Morgan fingerprint density at radius 1 is 1.32 bits per heavy atom. The smallest absolute Gasteiger partial charge is 0.319 e. The number of rotatable bonds is 6. The zero-order valence-corrected chi connectivity index (χ0v) is 15.1. The van der Waals surface area contributed by atoms with E-state index in [-0.39, 0.29) is 18.5 Å². The largest absolute Gasteiger partial charge is 0.347 e. The lowest BCUT2D eigenvalue weighted by molar-refractivity contribution is 0.243. The van der Waals surface area contributed by atoms with Crippen molar-refractivity contribution in [2.45, 2.75) is 26.3 Å². The highest BCUT2D eigenvalue weighted by Gasteiger charge is 2.32. The van der Waals surface area contributed by atoms with Gasteiger partial charge in [0.05, 0.1) is 19.6 Å². The van der Waals surface area contributed by atoms with Crippen LogP contribution in [0.4, 0.5) is 10.5 Å². The zero-order chi connectivity index (χ0) is 18.2. The van der Waals surface area contributed by atoms with Gasteiger partial charge in [0.25, 0.3) is 0 Å². The minimum absolute atomic E-state index is 0.0289. The van der Waals surface area contributed by atoms with Crippen LogP contribution in [0.1, 0.15) is 20.3 Å². The van der Waals surface area contributed by atoms with E-state index in [2.05, 4.69) is 40.8 Å². The molecule has 5 nitrogen and oxygen atoms in total. The number of nitrogens with zero attached hydrogens (tertiary/aromatic N) is 2. The van der Waals surface area contributed by atoms with E-state index in [1.165, 1.54) is 5.57 Å². The second-order valence-electron chi connectivity index (χ2n) is 5.65. The van der Waals surface area contributed by atoms with Crippen molar-refractivity contribution in [3.05, 3.63) is 66.0 Å². The van der Waals surface area contributed by atoms with Crippen molar-refractivity contribution in [2.24, 2.45) is 0 Å². The number of para-hydroxylation sites is 1. The fourth-order valence-corrected chi connectivity index (χ4v) is 2.79. The third-order valence-corrected chi connectivity index (χ3v) is 3.99. The first kappa shape index (κ1) is 18.9. The Morgan fingerprint density at radius 3 is 2.64 bits per heavy atom. The van der Waals surface area contributed by atoms with Crippen molar-refractivity contribution in [3.63, 3.8) is 0 Å². The van der Waals surface area contributed by atoms with Gasteiger partial charge in [0.1, 0.15) is 5.82 Å². The lowest BCUT2D eigenvalue weighted by atomic mass is 10.1. The highest BCUT2D eigenvalue weighted by molar-refractivity contribution is 6.10. The predicted octanol–water partition coefficient (Wildman–Crippen LogP) is 2.90. The van der Waals surface area contributed by atoms with E-state index in [0.717, 1.165) is 12.1 Å². The summed E-state index contributed by atoms with van der Waals surface area (Å²) >= 11 is 0. The second kappa shape index (κ2) is 9.13. The molecule has 0 aromatic heterocycles.